The third kappa shape index (κ3) is 3.83. The Labute approximate surface area is 130 Å². The van der Waals surface area contributed by atoms with Crippen molar-refractivity contribution >= 4 is 17.6 Å². The predicted molar refractivity (Wildman–Crippen MR) is 86.5 cm³/mol. The molecule has 1 aliphatic heterocycles. The highest BCUT2D eigenvalue weighted by Gasteiger charge is 2.21. The maximum atomic E-state index is 8.96. The van der Waals surface area contributed by atoms with Crippen LogP contribution in [0.4, 0.5) is 0 Å². The van der Waals surface area contributed by atoms with Gasteiger partial charge in [0.05, 0.1) is 12.2 Å². The average Bonchev–Trinajstić information content (AvgIpc) is 2.91. The molecule has 3 N–H and O–H groups in total. The zero-order valence-electron chi connectivity index (χ0n) is 12.6. The van der Waals surface area contributed by atoms with E-state index in [1.54, 1.807) is 11.8 Å². The normalized spacial score (nSPS) is 19.9. The number of ether oxygens (including phenoxy) is 1. The van der Waals surface area contributed by atoms with Crippen LogP contribution in [0.15, 0.2) is 28.3 Å². The first-order valence-electron chi connectivity index (χ1n) is 7.15. The number of nitrogens with zero attached hydrogens (tertiary/aromatic N) is 2. The zero-order valence-corrected chi connectivity index (χ0v) is 13.4. The molecule has 0 spiro atoms. The Morgan fingerprint density at radius 1 is 1.57 bits per heavy atom. The summed E-state index contributed by atoms with van der Waals surface area (Å²) in [7, 11) is 2.16. The van der Waals surface area contributed by atoms with Crippen LogP contribution in [0.3, 0.4) is 0 Å². The molecule has 1 atom stereocenters. The number of amidine groups is 1. The van der Waals surface area contributed by atoms with E-state index in [9.17, 15) is 0 Å². The lowest BCUT2D eigenvalue weighted by Gasteiger charge is -2.20. The third-order valence-electron chi connectivity index (χ3n) is 3.95. The number of thioether (sulfide) groups is 1. The molecular weight excluding hydrogens is 286 g/mol. The van der Waals surface area contributed by atoms with Gasteiger partial charge in [-0.25, -0.2) is 0 Å². The first-order valence-corrected chi connectivity index (χ1v) is 8.37. The van der Waals surface area contributed by atoms with Crippen molar-refractivity contribution in [3.63, 3.8) is 0 Å². The van der Waals surface area contributed by atoms with E-state index in [1.807, 2.05) is 24.5 Å². The van der Waals surface area contributed by atoms with Crippen molar-refractivity contribution < 1.29 is 9.94 Å². The van der Waals surface area contributed by atoms with E-state index in [0.717, 1.165) is 11.3 Å². The predicted octanol–water partition coefficient (Wildman–Crippen LogP) is 2.37. The van der Waals surface area contributed by atoms with E-state index in [4.69, 9.17) is 15.7 Å². The smallest absolute Gasteiger partial charge is 0.174 e. The van der Waals surface area contributed by atoms with Crippen molar-refractivity contribution in [3.05, 3.63) is 23.8 Å². The van der Waals surface area contributed by atoms with Crippen molar-refractivity contribution in [3.8, 4) is 5.75 Å². The highest BCUT2D eigenvalue weighted by Crippen LogP contribution is 2.29. The standard InChI is InChI=1S/C15H23N3O2S/c1-18-9-4-5-11(18)8-10-20-12-6-3-7-13(21-2)14(12)15(16)17-19/h3,6-7,11,19H,4-5,8-10H2,1-2H3,(H2,16,17). The lowest BCUT2D eigenvalue weighted by Crippen LogP contribution is -2.26. The van der Waals surface area contributed by atoms with E-state index in [-0.39, 0.29) is 5.84 Å². The number of rotatable bonds is 6. The van der Waals surface area contributed by atoms with Gasteiger partial charge >= 0.3 is 0 Å². The first-order chi connectivity index (χ1) is 10.2. The Balaban J connectivity index is 2.05. The summed E-state index contributed by atoms with van der Waals surface area (Å²) in [5.41, 5.74) is 6.46. The quantitative estimate of drug-likeness (QED) is 0.277. The number of likely N-dealkylation sites (tertiary alicyclic amines) is 1. The molecule has 1 aliphatic rings. The van der Waals surface area contributed by atoms with E-state index >= 15 is 0 Å². The van der Waals surface area contributed by atoms with Crippen LogP contribution in [0.2, 0.25) is 0 Å². The van der Waals surface area contributed by atoms with Crippen molar-refractivity contribution in [1.82, 2.24) is 4.90 Å². The fourth-order valence-electron chi connectivity index (χ4n) is 2.75. The summed E-state index contributed by atoms with van der Waals surface area (Å²) < 4.78 is 5.90. The van der Waals surface area contributed by atoms with Gasteiger partial charge in [-0.05, 0) is 51.2 Å². The maximum Gasteiger partial charge on any atom is 0.174 e. The van der Waals surface area contributed by atoms with E-state index < -0.39 is 0 Å². The highest BCUT2D eigenvalue weighted by atomic mass is 32.2. The van der Waals surface area contributed by atoms with Crippen molar-refractivity contribution in [2.24, 2.45) is 10.9 Å². The lowest BCUT2D eigenvalue weighted by molar-refractivity contribution is 0.232. The summed E-state index contributed by atoms with van der Waals surface area (Å²) in [5, 5.41) is 12.1. The molecular formula is C15H23N3O2S. The molecule has 0 radical (unpaired) electrons. The molecule has 116 valence electrons. The number of oxime groups is 1. The van der Waals surface area contributed by atoms with Gasteiger partial charge in [0.25, 0.3) is 0 Å². The van der Waals surface area contributed by atoms with Crippen LogP contribution in [0.1, 0.15) is 24.8 Å². The zero-order chi connectivity index (χ0) is 15.2. The molecule has 0 saturated carbocycles. The van der Waals surface area contributed by atoms with Crippen LogP contribution in [0.5, 0.6) is 5.75 Å². The van der Waals surface area contributed by atoms with Crippen LogP contribution in [-0.4, -0.2) is 48.4 Å². The molecule has 2 rings (SSSR count). The minimum atomic E-state index is 0.0907. The van der Waals surface area contributed by atoms with Crippen molar-refractivity contribution in [2.75, 3.05) is 26.5 Å². The van der Waals surface area contributed by atoms with Gasteiger partial charge in [0.1, 0.15) is 5.75 Å². The summed E-state index contributed by atoms with van der Waals surface area (Å²) in [6, 6.07) is 6.33. The molecule has 0 bridgehead atoms. The van der Waals surface area contributed by atoms with E-state index in [2.05, 4.69) is 17.1 Å². The highest BCUT2D eigenvalue weighted by molar-refractivity contribution is 7.98. The Bertz CT molecular complexity index is 508. The molecule has 5 nitrogen and oxygen atoms in total. The molecule has 1 fully saturated rings. The molecule has 6 heteroatoms. The summed E-state index contributed by atoms with van der Waals surface area (Å²) in [6.45, 7) is 1.81. The molecule has 1 heterocycles. The lowest BCUT2D eigenvalue weighted by atomic mass is 10.1. The van der Waals surface area contributed by atoms with Gasteiger partial charge in [-0.2, -0.15) is 0 Å². The summed E-state index contributed by atoms with van der Waals surface area (Å²) in [4.78, 5) is 3.33. The Morgan fingerprint density at radius 2 is 2.38 bits per heavy atom. The molecule has 21 heavy (non-hydrogen) atoms. The maximum absolute atomic E-state index is 8.96. The molecule has 1 unspecified atom stereocenters. The molecule has 1 aromatic rings. The van der Waals surface area contributed by atoms with Crippen LogP contribution in [0.25, 0.3) is 0 Å². The second-order valence-corrected chi connectivity index (χ2v) is 6.08. The molecule has 1 saturated heterocycles. The first kappa shape index (κ1) is 16.0. The van der Waals surface area contributed by atoms with Crippen molar-refractivity contribution in [2.45, 2.75) is 30.2 Å². The topological polar surface area (TPSA) is 71.1 Å². The number of benzene rings is 1. The van der Waals surface area contributed by atoms with Crippen LogP contribution in [-0.2, 0) is 0 Å². The van der Waals surface area contributed by atoms with Gasteiger partial charge in [0.2, 0.25) is 0 Å². The molecule has 1 aromatic carbocycles. The molecule has 0 aromatic heterocycles. The van der Waals surface area contributed by atoms with Gasteiger partial charge < -0.3 is 20.6 Å². The number of hydrogen-bond acceptors (Lipinski definition) is 5. The second kappa shape index (κ2) is 7.56. The van der Waals surface area contributed by atoms with Gasteiger partial charge in [-0.15, -0.1) is 11.8 Å². The summed E-state index contributed by atoms with van der Waals surface area (Å²) in [6.07, 6.45) is 5.45. The Morgan fingerprint density at radius 3 is 3.00 bits per heavy atom. The van der Waals surface area contributed by atoms with Gasteiger partial charge in [0.15, 0.2) is 5.84 Å². The van der Waals surface area contributed by atoms with Crippen molar-refractivity contribution in [1.29, 1.82) is 0 Å². The van der Waals surface area contributed by atoms with Crippen LogP contribution in [0, 0.1) is 0 Å². The minimum absolute atomic E-state index is 0.0907. The van der Waals surface area contributed by atoms with Gasteiger partial charge in [-0.1, -0.05) is 11.2 Å². The number of hydrogen-bond donors (Lipinski definition) is 2. The van der Waals surface area contributed by atoms with Gasteiger partial charge in [0, 0.05) is 10.9 Å². The Hall–Kier alpha value is -1.40. The monoisotopic (exact) mass is 309 g/mol. The SMILES string of the molecule is CSc1cccc(OCCC2CCCN2C)c1/C(N)=N/O. The van der Waals surface area contributed by atoms with E-state index in [1.165, 1.54) is 19.4 Å². The Kier molecular flexibility index (Phi) is 5.76. The summed E-state index contributed by atoms with van der Waals surface area (Å²) >= 11 is 1.55. The van der Waals surface area contributed by atoms with Crippen LogP contribution < -0.4 is 10.5 Å². The fourth-order valence-corrected chi connectivity index (χ4v) is 3.38. The summed E-state index contributed by atoms with van der Waals surface area (Å²) in [5.74, 6) is 0.769. The van der Waals surface area contributed by atoms with Crippen LogP contribution >= 0.6 is 11.8 Å². The third-order valence-corrected chi connectivity index (χ3v) is 4.73. The average molecular weight is 309 g/mol. The second-order valence-electron chi connectivity index (χ2n) is 5.23. The van der Waals surface area contributed by atoms with Gasteiger partial charge in [-0.3, -0.25) is 0 Å². The minimum Gasteiger partial charge on any atom is -0.493 e. The van der Waals surface area contributed by atoms with E-state index in [0.29, 0.717) is 24.0 Å². The largest absolute Gasteiger partial charge is 0.493 e. The number of nitrogens with two attached hydrogens (primary N) is 1. The molecule has 0 amide bonds. The molecule has 0 aliphatic carbocycles. The fraction of sp³-hybridized carbons (Fsp3) is 0.533.